The molecule has 0 amide bonds. The molecule has 0 saturated heterocycles. The van der Waals surface area contributed by atoms with Crippen molar-refractivity contribution in [3.05, 3.63) is 24.3 Å². The highest BCUT2D eigenvalue weighted by molar-refractivity contribution is 5.58. The van der Waals surface area contributed by atoms with Crippen molar-refractivity contribution in [2.24, 2.45) is 0 Å². The van der Waals surface area contributed by atoms with Crippen LogP contribution >= 0.6 is 0 Å². The van der Waals surface area contributed by atoms with Crippen molar-refractivity contribution in [2.75, 3.05) is 24.6 Å². The van der Waals surface area contributed by atoms with Crippen LogP contribution in [0.3, 0.4) is 0 Å². The summed E-state index contributed by atoms with van der Waals surface area (Å²) >= 11 is 0. The largest absolute Gasteiger partial charge is 0.491 e. The number of ether oxygens (including phenoxy) is 1. The summed E-state index contributed by atoms with van der Waals surface area (Å²) in [6.07, 6.45) is 4.26. The lowest BCUT2D eigenvalue weighted by Crippen LogP contribution is -2.45. The summed E-state index contributed by atoms with van der Waals surface area (Å²) in [5.41, 5.74) is 0.727. The quantitative estimate of drug-likeness (QED) is 0.903. The molecule has 112 valence electrons. The van der Waals surface area contributed by atoms with Crippen LogP contribution in [0.15, 0.2) is 24.3 Å². The van der Waals surface area contributed by atoms with E-state index < -0.39 is 5.54 Å². The van der Waals surface area contributed by atoms with Gasteiger partial charge in [0.15, 0.2) is 0 Å². The molecular weight excluding hydrogens is 262 g/mol. The van der Waals surface area contributed by atoms with Gasteiger partial charge in [-0.25, -0.2) is 0 Å². The van der Waals surface area contributed by atoms with Crippen molar-refractivity contribution in [1.29, 1.82) is 5.26 Å². The van der Waals surface area contributed by atoms with Gasteiger partial charge in [0.1, 0.15) is 11.3 Å². The summed E-state index contributed by atoms with van der Waals surface area (Å²) in [4.78, 5) is 2.35. The fourth-order valence-electron chi connectivity index (χ4n) is 2.83. The second-order valence-electron chi connectivity index (χ2n) is 6.27. The van der Waals surface area contributed by atoms with Crippen LogP contribution < -0.4 is 15.0 Å². The van der Waals surface area contributed by atoms with Gasteiger partial charge in [-0.2, -0.15) is 5.26 Å². The number of hydrogen-bond donors (Lipinski definition) is 1. The fraction of sp³-hybridized carbons (Fsp3) is 0.588. The first-order chi connectivity index (χ1) is 10.2. The SMILES string of the molecule is CC(C#N)(CCN1CCCOc2ccccc21)NC1CC1. The maximum atomic E-state index is 9.49. The molecule has 1 aromatic rings. The highest BCUT2D eigenvalue weighted by atomic mass is 16.5. The van der Waals surface area contributed by atoms with Gasteiger partial charge in [-0.1, -0.05) is 12.1 Å². The topological polar surface area (TPSA) is 48.3 Å². The fourth-order valence-corrected chi connectivity index (χ4v) is 2.83. The first kappa shape index (κ1) is 14.2. The van der Waals surface area contributed by atoms with Crippen molar-refractivity contribution in [3.63, 3.8) is 0 Å². The van der Waals surface area contributed by atoms with Gasteiger partial charge in [-0.3, -0.25) is 5.32 Å². The molecule has 4 nitrogen and oxygen atoms in total. The number of benzene rings is 1. The minimum Gasteiger partial charge on any atom is -0.491 e. The maximum absolute atomic E-state index is 9.49. The van der Waals surface area contributed by atoms with Crippen LogP contribution in [-0.2, 0) is 0 Å². The number of hydrogen-bond acceptors (Lipinski definition) is 4. The summed E-state index contributed by atoms with van der Waals surface area (Å²) in [6.45, 7) is 4.65. The minimum absolute atomic E-state index is 0.427. The highest BCUT2D eigenvalue weighted by Crippen LogP contribution is 2.31. The Bertz CT molecular complexity index is 535. The number of anilines is 1. The Kier molecular flexibility index (Phi) is 4.03. The lowest BCUT2D eigenvalue weighted by atomic mass is 9.99. The zero-order chi connectivity index (χ0) is 14.7. The number of nitrogens with one attached hydrogen (secondary N) is 1. The molecule has 1 saturated carbocycles. The molecule has 1 aliphatic carbocycles. The van der Waals surface area contributed by atoms with E-state index in [0.717, 1.165) is 44.0 Å². The molecule has 3 rings (SSSR count). The van der Waals surface area contributed by atoms with E-state index in [1.165, 1.54) is 12.8 Å². The number of rotatable bonds is 5. The van der Waals surface area contributed by atoms with E-state index in [1.807, 2.05) is 25.1 Å². The van der Waals surface area contributed by atoms with E-state index in [9.17, 15) is 5.26 Å². The van der Waals surface area contributed by atoms with Gasteiger partial charge >= 0.3 is 0 Å². The van der Waals surface area contributed by atoms with E-state index >= 15 is 0 Å². The first-order valence-corrected chi connectivity index (χ1v) is 7.86. The number of nitriles is 1. The van der Waals surface area contributed by atoms with Crippen LogP contribution in [0.25, 0.3) is 0 Å². The molecule has 0 radical (unpaired) electrons. The molecule has 2 aliphatic rings. The Balaban J connectivity index is 1.68. The Morgan fingerprint density at radius 3 is 3.00 bits per heavy atom. The normalized spacial score (nSPS) is 20.7. The highest BCUT2D eigenvalue weighted by Gasteiger charge is 2.33. The zero-order valence-electron chi connectivity index (χ0n) is 12.6. The van der Waals surface area contributed by atoms with Crippen LogP contribution in [0.4, 0.5) is 5.69 Å². The summed E-state index contributed by atoms with van der Waals surface area (Å²) in [6, 6.07) is 11.2. The van der Waals surface area contributed by atoms with Crippen molar-refractivity contribution in [2.45, 2.75) is 44.2 Å². The van der Waals surface area contributed by atoms with E-state index in [2.05, 4.69) is 22.4 Å². The molecule has 1 aliphatic heterocycles. The van der Waals surface area contributed by atoms with Crippen LogP contribution in [0.2, 0.25) is 0 Å². The molecule has 4 heteroatoms. The second-order valence-corrected chi connectivity index (χ2v) is 6.27. The molecule has 0 bridgehead atoms. The van der Waals surface area contributed by atoms with E-state index in [4.69, 9.17) is 4.74 Å². The van der Waals surface area contributed by atoms with Crippen LogP contribution in [0.1, 0.15) is 32.6 Å². The van der Waals surface area contributed by atoms with Gasteiger partial charge in [0.2, 0.25) is 0 Å². The predicted octanol–water partition coefficient (Wildman–Crippen LogP) is 2.70. The monoisotopic (exact) mass is 285 g/mol. The molecule has 1 unspecified atom stereocenters. The standard InChI is InChI=1S/C17H23N3O/c1-17(13-18,19-14-7-8-14)9-11-20-10-4-12-21-16-6-3-2-5-15(16)20/h2-3,5-6,14,19H,4,7-12H2,1H3. The van der Waals surface area contributed by atoms with Gasteiger partial charge in [-0.05, 0) is 44.7 Å². The Labute approximate surface area is 126 Å². The average molecular weight is 285 g/mol. The number of fused-ring (bicyclic) bond motifs is 1. The summed E-state index contributed by atoms with van der Waals surface area (Å²) in [7, 11) is 0. The molecule has 1 aromatic carbocycles. The molecule has 1 fully saturated rings. The number of para-hydroxylation sites is 2. The Morgan fingerprint density at radius 2 is 2.24 bits per heavy atom. The second kappa shape index (κ2) is 5.95. The molecule has 0 spiro atoms. The maximum Gasteiger partial charge on any atom is 0.142 e. The van der Waals surface area contributed by atoms with Gasteiger partial charge in [-0.15, -0.1) is 0 Å². The minimum atomic E-state index is -0.427. The lowest BCUT2D eigenvalue weighted by molar-refractivity contribution is 0.322. The Hall–Kier alpha value is -1.73. The van der Waals surface area contributed by atoms with Gasteiger partial charge in [0.25, 0.3) is 0 Å². The van der Waals surface area contributed by atoms with Gasteiger partial charge in [0, 0.05) is 19.1 Å². The third-order valence-corrected chi connectivity index (χ3v) is 4.26. The van der Waals surface area contributed by atoms with Crippen molar-refractivity contribution in [1.82, 2.24) is 5.32 Å². The zero-order valence-corrected chi connectivity index (χ0v) is 12.6. The van der Waals surface area contributed by atoms with Gasteiger partial charge < -0.3 is 9.64 Å². The van der Waals surface area contributed by atoms with E-state index in [0.29, 0.717) is 6.04 Å². The summed E-state index contributed by atoms with van der Waals surface area (Å²) in [5, 5.41) is 13.0. The average Bonchev–Trinajstić information content (AvgIpc) is 3.32. The smallest absolute Gasteiger partial charge is 0.142 e. The molecular formula is C17H23N3O. The molecule has 1 N–H and O–H groups in total. The first-order valence-electron chi connectivity index (χ1n) is 7.86. The van der Waals surface area contributed by atoms with Gasteiger partial charge in [0.05, 0.1) is 18.4 Å². The third-order valence-electron chi connectivity index (χ3n) is 4.26. The van der Waals surface area contributed by atoms with Crippen LogP contribution in [0.5, 0.6) is 5.75 Å². The number of nitrogens with zero attached hydrogens (tertiary/aromatic N) is 2. The molecule has 1 heterocycles. The van der Waals surface area contributed by atoms with Crippen molar-refractivity contribution >= 4 is 5.69 Å². The van der Waals surface area contributed by atoms with Crippen LogP contribution in [0, 0.1) is 11.3 Å². The predicted molar refractivity (Wildman–Crippen MR) is 83.6 cm³/mol. The summed E-state index contributed by atoms with van der Waals surface area (Å²) < 4.78 is 5.79. The third kappa shape index (κ3) is 3.48. The summed E-state index contributed by atoms with van der Waals surface area (Å²) in [5.74, 6) is 0.962. The van der Waals surface area contributed by atoms with E-state index in [-0.39, 0.29) is 0 Å². The molecule has 21 heavy (non-hydrogen) atoms. The van der Waals surface area contributed by atoms with Crippen LogP contribution in [-0.4, -0.2) is 31.3 Å². The van der Waals surface area contributed by atoms with E-state index in [1.54, 1.807) is 0 Å². The lowest BCUT2D eigenvalue weighted by Gasteiger charge is -2.29. The Morgan fingerprint density at radius 1 is 1.43 bits per heavy atom. The van der Waals surface area contributed by atoms with Crippen molar-refractivity contribution in [3.8, 4) is 11.8 Å². The van der Waals surface area contributed by atoms with Crippen molar-refractivity contribution < 1.29 is 4.74 Å². The molecule has 0 aromatic heterocycles. The molecule has 1 atom stereocenters.